The summed E-state index contributed by atoms with van der Waals surface area (Å²) in [4.78, 5) is 13.7. The second-order valence-corrected chi connectivity index (χ2v) is 7.78. The van der Waals surface area contributed by atoms with Crippen molar-refractivity contribution in [2.45, 2.75) is 51.7 Å². The maximum atomic E-state index is 12.1. The normalized spacial score (nSPS) is 21.3. The van der Waals surface area contributed by atoms with Crippen LogP contribution in [0.15, 0.2) is 0 Å². The number of amides is 1. The Balaban J connectivity index is 2.64. The Morgan fingerprint density at radius 1 is 1.37 bits per heavy atom. The van der Waals surface area contributed by atoms with Crippen molar-refractivity contribution in [1.82, 2.24) is 9.62 Å². The molecule has 0 aromatic carbocycles. The van der Waals surface area contributed by atoms with Crippen molar-refractivity contribution >= 4 is 16.1 Å². The first kappa shape index (κ1) is 16.2. The number of nitrogens with one attached hydrogen (secondary N) is 1. The van der Waals surface area contributed by atoms with E-state index in [1.165, 1.54) is 0 Å². The van der Waals surface area contributed by atoms with Crippen molar-refractivity contribution < 1.29 is 17.9 Å². The lowest BCUT2D eigenvalue weighted by atomic mass is 10.0. The molecular weight excluding hydrogens is 268 g/mol. The lowest BCUT2D eigenvalue weighted by molar-refractivity contribution is 0.0105. The van der Waals surface area contributed by atoms with E-state index >= 15 is 0 Å². The van der Waals surface area contributed by atoms with E-state index in [0.717, 1.165) is 25.5 Å². The number of carbonyl (C=O) groups excluding carboxylic acids is 1. The zero-order chi connectivity index (χ0) is 14.7. The smallest absolute Gasteiger partial charge is 0.410 e. The van der Waals surface area contributed by atoms with Gasteiger partial charge in [-0.05, 0) is 40.0 Å². The second-order valence-electron chi connectivity index (χ2n) is 5.94. The molecule has 0 bridgehead atoms. The summed E-state index contributed by atoms with van der Waals surface area (Å²) in [6.45, 7) is 6.32. The van der Waals surface area contributed by atoms with Gasteiger partial charge in [-0.25, -0.2) is 17.9 Å². The van der Waals surface area contributed by atoms with Gasteiger partial charge in [0.1, 0.15) is 5.60 Å². The zero-order valence-electron chi connectivity index (χ0n) is 12.1. The molecule has 1 rings (SSSR count). The average molecular weight is 292 g/mol. The van der Waals surface area contributed by atoms with Gasteiger partial charge in [0.2, 0.25) is 10.0 Å². The van der Waals surface area contributed by atoms with Gasteiger partial charge in [0.15, 0.2) is 0 Å². The fourth-order valence-electron chi connectivity index (χ4n) is 2.02. The van der Waals surface area contributed by atoms with Gasteiger partial charge in [-0.3, -0.25) is 0 Å². The van der Waals surface area contributed by atoms with Crippen LogP contribution in [0, 0.1) is 0 Å². The largest absolute Gasteiger partial charge is 0.444 e. The molecule has 1 aliphatic heterocycles. The molecule has 1 aliphatic rings. The molecule has 1 unspecified atom stereocenters. The summed E-state index contributed by atoms with van der Waals surface area (Å²) in [6.07, 6.45) is 3.46. The van der Waals surface area contributed by atoms with E-state index in [1.807, 2.05) is 20.8 Å². The first-order valence-electron chi connectivity index (χ1n) is 6.53. The molecule has 1 atom stereocenters. The van der Waals surface area contributed by atoms with Gasteiger partial charge in [-0.15, -0.1) is 0 Å². The Labute approximate surface area is 115 Å². The zero-order valence-corrected chi connectivity index (χ0v) is 12.9. The van der Waals surface area contributed by atoms with E-state index in [-0.39, 0.29) is 18.7 Å². The minimum absolute atomic E-state index is 0.127. The minimum Gasteiger partial charge on any atom is -0.444 e. The molecule has 1 heterocycles. The summed E-state index contributed by atoms with van der Waals surface area (Å²) in [5.41, 5.74) is -0.538. The third-order valence-corrected chi connectivity index (χ3v) is 3.53. The number of sulfonamides is 1. The molecule has 1 saturated heterocycles. The highest BCUT2D eigenvalue weighted by atomic mass is 32.2. The molecule has 0 aromatic rings. The van der Waals surface area contributed by atoms with E-state index < -0.39 is 15.6 Å². The van der Waals surface area contributed by atoms with Crippen molar-refractivity contribution in [1.29, 1.82) is 0 Å². The lowest BCUT2D eigenvalue weighted by Gasteiger charge is -2.36. The number of hydrogen-bond donors (Lipinski definition) is 1. The minimum atomic E-state index is -3.24. The van der Waals surface area contributed by atoms with Gasteiger partial charge in [0.25, 0.3) is 0 Å². The summed E-state index contributed by atoms with van der Waals surface area (Å²) in [5.74, 6) is 0. The van der Waals surface area contributed by atoms with Crippen LogP contribution in [-0.2, 0) is 14.8 Å². The van der Waals surface area contributed by atoms with Crippen molar-refractivity contribution in [3.8, 4) is 0 Å². The number of hydrogen-bond acceptors (Lipinski definition) is 4. The highest BCUT2D eigenvalue weighted by Crippen LogP contribution is 2.20. The molecule has 7 heteroatoms. The topological polar surface area (TPSA) is 75.7 Å². The van der Waals surface area contributed by atoms with Gasteiger partial charge in [0, 0.05) is 19.1 Å². The molecule has 1 amide bonds. The van der Waals surface area contributed by atoms with Gasteiger partial charge in [0.05, 0.1) is 6.26 Å². The van der Waals surface area contributed by atoms with Crippen LogP contribution in [0.1, 0.15) is 40.0 Å². The number of ether oxygens (including phenoxy) is 1. The molecular formula is C12H24N2O4S. The van der Waals surface area contributed by atoms with Gasteiger partial charge >= 0.3 is 6.09 Å². The Hall–Kier alpha value is -0.820. The number of nitrogens with zero attached hydrogens (tertiary/aromatic N) is 1. The van der Waals surface area contributed by atoms with E-state index in [0.29, 0.717) is 6.54 Å². The van der Waals surface area contributed by atoms with E-state index in [4.69, 9.17) is 4.74 Å². The lowest BCUT2D eigenvalue weighted by Crippen LogP contribution is -2.50. The molecule has 6 nitrogen and oxygen atoms in total. The summed E-state index contributed by atoms with van der Waals surface area (Å²) < 4.78 is 30.1. The van der Waals surface area contributed by atoms with Crippen molar-refractivity contribution in [2.24, 2.45) is 0 Å². The van der Waals surface area contributed by atoms with Gasteiger partial charge < -0.3 is 9.64 Å². The maximum Gasteiger partial charge on any atom is 0.410 e. The van der Waals surface area contributed by atoms with Crippen LogP contribution in [0.25, 0.3) is 0 Å². The molecule has 0 aliphatic carbocycles. The Morgan fingerprint density at radius 2 is 2.00 bits per heavy atom. The average Bonchev–Trinajstić information content (AvgIpc) is 2.23. The summed E-state index contributed by atoms with van der Waals surface area (Å²) in [7, 11) is -3.24. The fraction of sp³-hybridized carbons (Fsp3) is 0.917. The monoisotopic (exact) mass is 292 g/mol. The van der Waals surface area contributed by atoms with E-state index in [2.05, 4.69) is 4.72 Å². The van der Waals surface area contributed by atoms with Gasteiger partial charge in [-0.1, -0.05) is 0 Å². The third-order valence-electron chi connectivity index (χ3n) is 2.84. The molecule has 0 spiro atoms. The Bertz CT molecular complexity index is 414. The predicted octanol–water partition coefficient (Wildman–Crippen LogP) is 1.33. The van der Waals surface area contributed by atoms with Crippen LogP contribution in [0.4, 0.5) is 4.79 Å². The van der Waals surface area contributed by atoms with Crippen LogP contribution in [-0.4, -0.2) is 50.4 Å². The van der Waals surface area contributed by atoms with Crippen LogP contribution in [0.2, 0.25) is 0 Å². The molecule has 19 heavy (non-hydrogen) atoms. The number of rotatable bonds is 3. The van der Waals surface area contributed by atoms with Crippen molar-refractivity contribution in [3.05, 3.63) is 0 Å². The summed E-state index contributed by atoms with van der Waals surface area (Å²) in [6, 6.07) is -0.127. The standard InChI is InChI=1S/C12H24N2O4S/c1-12(2,3)18-11(15)14-8-6-5-7-10(14)9-13-19(4,16)17/h10,13H,5-9H2,1-4H3. The Morgan fingerprint density at radius 3 is 2.53 bits per heavy atom. The second kappa shape index (κ2) is 6.09. The van der Waals surface area contributed by atoms with Crippen molar-refractivity contribution in [2.75, 3.05) is 19.3 Å². The van der Waals surface area contributed by atoms with Crippen LogP contribution in [0.3, 0.4) is 0 Å². The number of likely N-dealkylation sites (tertiary alicyclic amines) is 1. The molecule has 0 saturated carbocycles. The quantitative estimate of drug-likeness (QED) is 0.851. The number of carbonyl (C=O) groups is 1. The third kappa shape index (κ3) is 6.24. The van der Waals surface area contributed by atoms with Crippen LogP contribution >= 0.6 is 0 Å². The molecule has 0 radical (unpaired) electrons. The first-order valence-corrected chi connectivity index (χ1v) is 8.42. The van der Waals surface area contributed by atoms with Crippen molar-refractivity contribution in [3.63, 3.8) is 0 Å². The molecule has 112 valence electrons. The molecule has 0 aromatic heterocycles. The highest BCUT2D eigenvalue weighted by molar-refractivity contribution is 7.88. The fourth-order valence-corrected chi connectivity index (χ4v) is 2.52. The van der Waals surface area contributed by atoms with Gasteiger partial charge in [-0.2, -0.15) is 0 Å². The molecule has 1 fully saturated rings. The molecule has 1 N–H and O–H groups in total. The predicted molar refractivity (Wildman–Crippen MR) is 73.4 cm³/mol. The van der Waals surface area contributed by atoms with E-state index in [1.54, 1.807) is 4.90 Å². The van der Waals surface area contributed by atoms with Crippen LogP contribution < -0.4 is 4.72 Å². The first-order chi connectivity index (χ1) is 8.58. The SMILES string of the molecule is CC(C)(C)OC(=O)N1CCCCC1CNS(C)(=O)=O. The maximum absolute atomic E-state index is 12.1. The Kier molecular flexibility index (Phi) is 5.20. The number of piperidine rings is 1. The summed E-state index contributed by atoms with van der Waals surface area (Å²) >= 11 is 0. The van der Waals surface area contributed by atoms with E-state index in [9.17, 15) is 13.2 Å². The van der Waals surface area contributed by atoms with Crippen LogP contribution in [0.5, 0.6) is 0 Å². The highest BCUT2D eigenvalue weighted by Gasteiger charge is 2.30. The summed E-state index contributed by atoms with van der Waals surface area (Å²) in [5, 5.41) is 0.